The van der Waals surface area contributed by atoms with Gasteiger partial charge in [0.2, 0.25) is 0 Å². The highest BCUT2D eigenvalue weighted by Crippen LogP contribution is 2.40. The number of hydrogen-bond acceptors (Lipinski definition) is 5. The van der Waals surface area contributed by atoms with E-state index in [1.807, 2.05) is 66.7 Å². The van der Waals surface area contributed by atoms with Crippen LogP contribution in [-0.2, 0) is 15.1 Å². The number of guanidine groups is 1. The highest BCUT2D eigenvalue weighted by atomic mass is 19.4. The predicted molar refractivity (Wildman–Crippen MR) is 115 cm³/mol. The van der Waals surface area contributed by atoms with Crippen LogP contribution in [0, 0.1) is 0 Å². The number of benzene rings is 2. The summed E-state index contributed by atoms with van der Waals surface area (Å²) >= 11 is 0. The number of carboxylic acids is 1. The van der Waals surface area contributed by atoms with Crippen molar-refractivity contribution in [1.82, 2.24) is 9.88 Å². The van der Waals surface area contributed by atoms with E-state index in [0.717, 1.165) is 22.3 Å². The zero-order chi connectivity index (χ0) is 24.2. The molecule has 170 valence electrons. The van der Waals surface area contributed by atoms with Crippen molar-refractivity contribution < 1.29 is 27.9 Å². The number of alkyl halides is 3. The topological polar surface area (TPSA) is 109 Å². The van der Waals surface area contributed by atoms with Crippen LogP contribution in [0.25, 0.3) is 11.1 Å². The minimum Gasteiger partial charge on any atom is -0.475 e. The summed E-state index contributed by atoms with van der Waals surface area (Å²) in [5.74, 6) is -2.71. The summed E-state index contributed by atoms with van der Waals surface area (Å²) in [7, 11) is 1.65. The number of pyridine rings is 1. The molecule has 4 rings (SSSR count). The van der Waals surface area contributed by atoms with Crippen molar-refractivity contribution in [1.29, 1.82) is 0 Å². The Bertz CT molecular complexity index is 1180. The number of aromatic nitrogens is 1. The first-order valence-electron chi connectivity index (χ1n) is 9.57. The van der Waals surface area contributed by atoms with Gasteiger partial charge in [0.25, 0.3) is 5.91 Å². The van der Waals surface area contributed by atoms with Gasteiger partial charge in [-0.15, -0.1) is 0 Å². The number of carbonyl (C=O) groups excluding carboxylic acids is 1. The van der Waals surface area contributed by atoms with Gasteiger partial charge in [-0.3, -0.25) is 14.7 Å². The molecule has 33 heavy (non-hydrogen) atoms. The average Bonchev–Trinajstić information content (AvgIpc) is 3.05. The number of carboxylic acid groups (broad SMARTS) is 1. The maximum atomic E-state index is 13.2. The van der Waals surface area contributed by atoms with Gasteiger partial charge in [0, 0.05) is 19.4 Å². The van der Waals surface area contributed by atoms with Crippen LogP contribution in [0.2, 0.25) is 0 Å². The molecule has 3 N–H and O–H groups in total. The number of aliphatic carboxylic acids is 1. The second-order valence-corrected chi connectivity index (χ2v) is 7.04. The molecule has 1 atom stereocenters. The molecule has 1 aliphatic rings. The molecule has 3 aromatic rings. The van der Waals surface area contributed by atoms with Crippen LogP contribution < -0.4 is 5.73 Å². The molecule has 0 radical (unpaired) electrons. The van der Waals surface area contributed by atoms with Gasteiger partial charge in [-0.1, -0.05) is 54.6 Å². The van der Waals surface area contributed by atoms with E-state index >= 15 is 0 Å². The van der Waals surface area contributed by atoms with Crippen LogP contribution in [0.3, 0.4) is 0 Å². The van der Waals surface area contributed by atoms with E-state index in [-0.39, 0.29) is 11.9 Å². The third-order valence-corrected chi connectivity index (χ3v) is 4.95. The molecule has 0 bridgehead atoms. The van der Waals surface area contributed by atoms with Gasteiger partial charge in [0.1, 0.15) is 0 Å². The Morgan fingerprint density at radius 1 is 1.00 bits per heavy atom. The van der Waals surface area contributed by atoms with Crippen molar-refractivity contribution in [2.75, 3.05) is 7.05 Å². The number of halogens is 3. The van der Waals surface area contributed by atoms with E-state index in [2.05, 4.69) is 9.98 Å². The Labute approximate surface area is 187 Å². The second kappa shape index (κ2) is 9.11. The first-order chi connectivity index (χ1) is 15.6. The van der Waals surface area contributed by atoms with E-state index in [1.165, 1.54) is 4.90 Å². The van der Waals surface area contributed by atoms with E-state index < -0.39 is 17.7 Å². The molecular weight excluding hydrogens is 437 g/mol. The molecule has 0 aliphatic carbocycles. The third-order valence-electron chi connectivity index (χ3n) is 4.95. The van der Waals surface area contributed by atoms with E-state index in [9.17, 15) is 18.0 Å². The lowest BCUT2D eigenvalue weighted by Gasteiger charge is -2.26. The molecule has 0 saturated carbocycles. The molecule has 1 unspecified atom stereocenters. The van der Waals surface area contributed by atoms with Crippen molar-refractivity contribution in [3.8, 4) is 11.1 Å². The van der Waals surface area contributed by atoms with Crippen molar-refractivity contribution in [3.05, 3.63) is 90.3 Å². The zero-order valence-corrected chi connectivity index (χ0v) is 17.3. The van der Waals surface area contributed by atoms with Crippen LogP contribution in [-0.4, -0.2) is 46.1 Å². The van der Waals surface area contributed by atoms with Gasteiger partial charge in [0.15, 0.2) is 11.5 Å². The first kappa shape index (κ1) is 23.5. The summed E-state index contributed by atoms with van der Waals surface area (Å²) in [6.07, 6.45) is -1.55. The number of likely N-dealkylation sites (N-methyl/N-ethyl adjacent to an activating group) is 1. The molecule has 0 saturated heterocycles. The van der Waals surface area contributed by atoms with Crippen LogP contribution in [0.15, 0.2) is 84.1 Å². The minimum absolute atomic E-state index is 0.162. The highest BCUT2D eigenvalue weighted by Gasteiger charge is 2.49. The summed E-state index contributed by atoms with van der Waals surface area (Å²) in [5, 5.41) is 7.12. The lowest BCUT2D eigenvalue weighted by molar-refractivity contribution is -0.192. The standard InChI is InChI=1S/C21H18N4O.C2HF3O2/c1-25-19(26)21(24-20(25)22,17-9-3-2-4-10-17)18-11-5-7-15(13-18)16-8-6-12-23-14-16;3-2(4,5)1(6)7/h2-14H,1H3,(H2,22,24);(H,6,7). The van der Waals surface area contributed by atoms with Gasteiger partial charge >= 0.3 is 12.1 Å². The Hall–Kier alpha value is -4.21. The molecular formula is C23H19F3N4O3. The normalized spacial score (nSPS) is 17.8. The molecule has 1 amide bonds. The van der Waals surface area contributed by atoms with Crippen molar-refractivity contribution >= 4 is 17.8 Å². The Morgan fingerprint density at radius 3 is 2.12 bits per heavy atom. The van der Waals surface area contributed by atoms with Gasteiger partial charge < -0.3 is 10.8 Å². The highest BCUT2D eigenvalue weighted by molar-refractivity contribution is 6.09. The SMILES string of the molecule is CN1C(=O)C(c2ccccc2)(c2cccc(-c3cccnc3)c2)N=C1N.O=C(O)C(F)(F)F. The molecule has 2 heterocycles. The molecule has 0 fully saturated rings. The van der Waals surface area contributed by atoms with Crippen LogP contribution >= 0.6 is 0 Å². The summed E-state index contributed by atoms with van der Waals surface area (Å²) in [6, 6.07) is 21.2. The molecule has 7 nitrogen and oxygen atoms in total. The van der Waals surface area contributed by atoms with Gasteiger partial charge in [-0.25, -0.2) is 9.79 Å². The van der Waals surface area contributed by atoms with E-state index in [1.54, 1.807) is 19.4 Å². The van der Waals surface area contributed by atoms with Crippen LogP contribution in [0.5, 0.6) is 0 Å². The maximum Gasteiger partial charge on any atom is 0.490 e. The molecule has 10 heteroatoms. The quantitative estimate of drug-likeness (QED) is 0.628. The summed E-state index contributed by atoms with van der Waals surface area (Å²) in [6.45, 7) is 0. The number of aliphatic imine (C=N–C) groups is 1. The average molecular weight is 456 g/mol. The summed E-state index contributed by atoms with van der Waals surface area (Å²) in [5.41, 5.74) is 8.37. The first-order valence-corrected chi connectivity index (χ1v) is 9.57. The molecule has 0 spiro atoms. The minimum atomic E-state index is -5.08. The number of carbonyl (C=O) groups is 2. The third kappa shape index (κ3) is 4.69. The van der Waals surface area contributed by atoms with Crippen molar-refractivity contribution in [3.63, 3.8) is 0 Å². The maximum absolute atomic E-state index is 13.2. The lowest BCUT2D eigenvalue weighted by atomic mass is 9.82. The number of rotatable bonds is 3. The summed E-state index contributed by atoms with van der Waals surface area (Å²) in [4.78, 5) is 32.3. The molecule has 1 aromatic heterocycles. The smallest absolute Gasteiger partial charge is 0.475 e. The monoisotopic (exact) mass is 456 g/mol. The number of nitrogens with zero attached hydrogens (tertiary/aromatic N) is 3. The fourth-order valence-electron chi connectivity index (χ4n) is 3.32. The van der Waals surface area contributed by atoms with Crippen molar-refractivity contribution in [2.24, 2.45) is 10.7 Å². The number of nitrogens with two attached hydrogens (primary N) is 1. The van der Waals surface area contributed by atoms with Crippen molar-refractivity contribution in [2.45, 2.75) is 11.7 Å². The second-order valence-electron chi connectivity index (χ2n) is 7.04. The Morgan fingerprint density at radius 2 is 1.61 bits per heavy atom. The number of hydrogen-bond donors (Lipinski definition) is 2. The van der Waals surface area contributed by atoms with Gasteiger partial charge in [-0.05, 0) is 34.4 Å². The van der Waals surface area contributed by atoms with Gasteiger partial charge in [-0.2, -0.15) is 13.2 Å². The lowest BCUT2D eigenvalue weighted by Crippen LogP contribution is -2.41. The van der Waals surface area contributed by atoms with Crippen LogP contribution in [0.4, 0.5) is 13.2 Å². The number of amides is 1. The fraction of sp³-hybridized carbons (Fsp3) is 0.130. The fourth-order valence-corrected chi connectivity index (χ4v) is 3.32. The largest absolute Gasteiger partial charge is 0.490 e. The Balaban J connectivity index is 0.000000383. The molecule has 1 aliphatic heterocycles. The predicted octanol–water partition coefficient (Wildman–Crippen LogP) is 3.41. The van der Waals surface area contributed by atoms with E-state index in [0.29, 0.717) is 0 Å². The summed E-state index contributed by atoms with van der Waals surface area (Å²) < 4.78 is 31.7. The Kier molecular flexibility index (Phi) is 6.47. The van der Waals surface area contributed by atoms with Gasteiger partial charge in [0.05, 0.1) is 0 Å². The van der Waals surface area contributed by atoms with E-state index in [4.69, 9.17) is 15.6 Å². The van der Waals surface area contributed by atoms with Crippen LogP contribution in [0.1, 0.15) is 11.1 Å². The molecule has 2 aromatic carbocycles. The zero-order valence-electron chi connectivity index (χ0n) is 17.3.